The van der Waals surface area contributed by atoms with Crippen molar-refractivity contribution in [2.24, 2.45) is 34.5 Å². The highest BCUT2D eigenvalue weighted by atomic mass is 16.3. The van der Waals surface area contributed by atoms with Crippen molar-refractivity contribution in [1.82, 2.24) is 0 Å². The van der Waals surface area contributed by atoms with Crippen LogP contribution in [0.4, 0.5) is 0 Å². The van der Waals surface area contributed by atoms with Gasteiger partial charge in [-0.3, -0.25) is 4.79 Å². The first-order chi connectivity index (χ1) is 9.95. The number of fused-ring (bicyclic) bond motifs is 5. The topological polar surface area (TPSA) is 37.3 Å². The second-order valence-corrected chi connectivity index (χ2v) is 8.60. The molecule has 4 rings (SSSR count). The lowest BCUT2D eigenvalue weighted by atomic mass is 9.46. The predicted octanol–water partition coefficient (Wildman–Crippen LogP) is 3.74. The molecule has 4 aliphatic rings. The summed E-state index contributed by atoms with van der Waals surface area (Å²) < 4.78 is 0. The average molecular weight is 288 g/mol. The molecular weight excluding hydrogens is 260 g/mol. The van der Waals surface area contributed by atoms with Gasteiger partial charge in [-0.2, -0.15) is 0 Å². The van der Waals surface area contributed by atoms with Crippen LogP contribution in [0.1, 0.15) is 58.8 Å². The molecule has 116 valence electrons. The standard InChI is InChI=1S/C19H28O2/c1-18-9-7-13(20)11-12(18)3-4-14-15-5-6-17(21)19(15,2)10-8-16(14)18/h7,9,12-16,20H,3-6,8,10-11H2,1-2H3/t12?,13?,14-,15-,16+,18-,19-/m0/s1. The highest BCUT2D eigenvalue weighted by Crippen LogP contribution is 2.64. The number of ketones is 1. The third-order valence-electron chi connectivity index (χ3n) is 7.88. The van der Waals surface area contributed by atoms with Gasteiger partial charge in [0.1, 0.15) is 5.78 Å². The van der Waals surface area contributed by atoms with Crippen LogP contribution >= 0.6 is 0 Å². The van der Waals surface area contributed by atoms with Gasteiger partial charge in [-0.15, -0.1) is 0 Å². The van der Waals surface area contributed by atoms with Crippen molar-refractivity contribution < 1.29 is 9.90 Å². The smallest absolute Gasteiger partial charge is 0.139 e. The van der Waals surface area contributed by atoms with Gasteiger partial charge in [0.25, 0.3) is 0 Å². The van der Waals surface area contributed by atoms with Crippen LogP contribution in [-0.2, 0) is 4.79 Å². The third-order valence-corrected chi connectivity index (χ3v) is 7.88. The number of rotatable bonds is 0. The number of hydrogen-bond acceptors (Lipinski definition) is 2. The lowest BCUT2D eigenvalue weighted by molar-refractivity contribution is -0.134. The van der Waals surface area contributed by atoms with Gasteiger partial charge in [-0.1, -0.05) is 26.0 Å². The fraction of sp³-hybridized carbons (Fsp3) is 0.842. The molecule has 3 saturated carbocycles. The summed E-state index contributed by atoms with van der Waals surface area (Å²) in [6, 6.07) is 0. The number of aliphatic hydroxyl groups is 1. The van der Waals surface area contributed by atoms with Crippen LogP contribution in [0.15, 0.2) is 12.2 Å². The van der Waals surface area contributed by atoms with Crippen LogP contribution in [0.5, 0.6) is 0 Å². The second kappa shape index (κ2) is 4.44. The fourth-order valence-electron chi connectivity index (χ4n) is 6.56. The Morgan fingerprint density at radius 2 is 1.95 bits per heavy atom. The van der Waals surface area contributed by atoms with E-state index in [4.69, 9.17) is 0 Å². The Morgan fingerprint density at radius 1 is 1.14 bits per heavy atom. The molecule has 0 spiro atoms. The molecule has 0 radical (unpaired) electrons. The summed E-state index contributed by atoms with van der Waals surface area (Å²) in [6.07, 6.45) is 11.8. The van der Waals surface area contributed by atoms with Gasteiger partial charge in [0, 0.05) is 11.8 Å². The summed E-state index contributed by atoms with van der Waals surface area (Å²) in [5.74, 6) is 3.26. The molecule has 0 saturated heterocycles. The normalized spacial score (nSPS) is 55.8. The van der Waals surface area contributed by atoms with Gasteiger partial charge < -0.3 is 5.11 Å². The maximum atomic E-state index is 12.4. The number of aliphatic hydroxyl groups excluding tert-OH is 1. The molecule has 2 unspecified atom stereocenters. The largest absolute Gasteiger partial charge is 0.389 e. The third kappa shape index (κ3) is 1.78. The zero-order valence-corrected chi connectivity index (χ0v) is 13.3. The van der Waals surface area contributed by atoms with Crippen molar-refractivity contribution in [2.75, 3.05) is 0 Å². The molecule has 0 heterocycles. The van der Waals surface area contributed by atoms with Crippen LogP contribution in [0.2, 0.25) is 0 Å². The monoisotopic (exact) mass is 288 g/mol. The van der Waals surface area contributed by atoms with E-state index in [-0.39, 0.29) is 16.9 Å². The summed E-state index contributed by atoms with van der Waals surface area (Å²) >= 11 is 0. The number of Topliss-reactive ketones (excluding diaryl/α,β-unsaturated/α-hetero) is 1. The van der Waals surface area contributed by atoms with Gasteiger partial charge >= 0.3 is 0 Å². The van der Waals surface area contributed by atoms with E-state index in [0.29, 0.717) is 17.6 Å². The Labute approximate surface area is 128 Å². The Balaban J connectivity index is 1.68. The van der Waals surface area contributed by atoms with E-state index in [1.807, 2.05) is 6.08 Å². The van der Waals surface area contributed by atoms with Crippen molar-refractivity contribution in [1.29, 1.82) is 0 Å². The summed E-state index contributed by atoms with van der Waals surface area (Å²) in [7, 11) is 0. The highest BCUT2D eigenvalue weighted by Gasteiger charge is 2.59. The summed E-state index contributed by atoms with van der Waals surface area (Å²) in [5.41, 5.74) is 0.247. The molecule has 3 fully saturated rings. The number of hydrogen-bond donors (Lipinski definition) is 1. The fourth-order valence-corrected chi connectivity index (χ4v) is 6.56. The lowest BCUT2D eigenvalue weighted by Crippen LogP contribution is -2.52. The number of carbonyl (C=O) groups excluding carboxylic acids is 1. The van der Waals surface area contributed by atoms with Crippen LogP contribution in [0.3, 0.4) is 0 Å². The van der Waals surface area contributed by atoms with Crippen molar-refractivity contribution in [3.8, 4) is 0 Å². The molecule has 7 atom stereocenters. The lowest BCUT2D eigenvalue weighted by Gasteiger charge is -2.58. The van der Waals surface area contributed by atoms with E-state index in [0.717, 1.165) is 37.5 Å². The molecule has 0 aromatic heterocycles. The van der Waals surface area contributed by atoms with Crippen molar-refractivity contribution >= 4 is 5.78 Å². The first-order valence-electron chi connectivity index (χ1n) is 8.86. The molecule has 1 N–H and O–H groups in total. The molecule has 0 aromatic rings. The summed E-state index contributed by atoms with van der Waals surface area (Å²) in [5, 5.41) is 9.95. The van der Waals surface area contributed by atoms with Crippen molar-refractivity contribution in [3.63, 3.8) is 0 Å². The van der Waals surface area contributed by atoms with E-state index in [9.17, 15) is 9.90 Å². The summed E-state index contributed by atoms with van der Waals surface area (Å²) in [4.78, 5) is 12.4. The first-order valence-corrected chi connectivity index (χ1v) is 8.86. The van der Waals surface area contributed by atoms with E-state index in [2.05, 4.69) is 19.9 Å². The molecule has 2 heteroatoms. The maximum absolute atomic E-state index is 12.4. The molecule has 0 bridgehead atoms. The SMILES string of the molecule is C[C@]12C=CC(O)CC1CC[C@@H]1[C@H]2CC[C@]2(C)C(=O)CC[C@@H]12. The predicted molar refractivity (Wildman–Crippen MR) is 82.6 cm³/mol. The average Bonchev–Trinajstić information content (AvgIpc) is 2.76. The first kappa shape index (κ1) is 14.0. The van der Waals surface area contributed by atoms with Gasteiger partial charge in [0.05, 0.1) is 6.10 Å². The van der Waals surface area contributed by atoms with Crippen LogP contribution in [-0.4, -0.2) is 17.0 Å². The van der Waals surface area contributed by atoms with Crippen molar-refractivity contribution in [3.05, 3.63) is 12.2 Å². The van der Waals surface area contributed by atoms with E-state index in [1.165, 1.54) is 19.3 Å². The van der Waals surface area contributed by atoms with Crippen molar-refractivity contribution in [2.45, 2.75) is 64.9 Å². The number of allylic oxidation sites excluding steroid dienone is 1. The minimum atomic E-state index is -0.235. The maximum Gasteiger partial charge on any atom is 0.139 e. The minimum absolute atomic E-state index is 0.0116. The number of carbonyl (C=O) groups is 1. The molecule has 0 aromatic carbocycles. The van der Waals surface area contributed by atoms with Gasteiger partial charge in [0.2, 0.25) is 0 Å². The molecular formula is C19H28O2. The van der Waals surface area contributed by atoms with Gasteiger partial charge in [0.15, 0.2) is 0 Å². The molecule has 0 amide bonds. The summed E-state index contributed by atoms with van der Waals surface area (Å²) in [6.45, 7) is 4.68. The molecule has 0 aliphatic heterocycles. The Morgan fingerprint density at radius 3 is 2.76 bits per heavy atom. The molecule has 2 nitrogen and oxygen atoms in total. The van der Waals surface area contributed by atoms with Crippen LogP contribution in [0.25, 0.3) is 0 Å². The molecule has 21 heavy (non-hydrogen) atoms. The quantitative estimate of drug-likeness (QED) is 0.690. The van der Waals surface area contributed by atoms with E-state index in [1.54, 1.807) is 0 Å². The Kier molecular flexibility index (Phi) is 2.96. The zero-order chi connectivity index (χ0) is 14.8. The second-order valence-electron chi connectivity index (χ2n) is 8.60. The molecule has 4 aliphatic carbocycles. The van der Waals surface area contributed by atoms with E-state index >= 15 is 0 Å². The minimum Gasteiger partial charge on any atom is -0.389 e. The highest BCUT2D eigenvalue weighted by molar-refractivity contribution is 5.87. The van der Waals surface area contributed by atoms with Gasteiger partial charge in [-0.25, -0.2) is 0 Å². The Bertz CT molecular complexity index is 496. The zero-order valence-electron chi connectivity index (χ0n) is 13.3. The van der Waals surface area contributed by atoms with Crippen LogP contribution in [0, 0.1) is 34.5 Å². The van der Waals surface area contributed by atoms with E-state index < -0.39 is 0 Å². The van der Waals surface area contributed by atoms with Crippen LogP contribution < -0.4 is 0 Å². The van der Waals surface area contributed by atoms with Gasteiger partial charge in [-0.05, 0) is 67.6 Å². The Hall–Kier alpha value is -0.630.